The second-order valence-corrected chi connectivity index (χ2v) is 13.6. The molecule has 0 aromatic carbocycles. The van der Waals surface area contributed by atoms with Gasteiger partial charge in [0.1, 0.15) is 18.6 Å². The highest BCUT2D eigenvalue weighted by atomic mass is 32.2. The van der Waals surface area contributed by atoms with Crippen LogP contribution in [0, 0.1) is 23.7 Å². The third kappa shape index (κ3) is 5.29. The van der Waals surface area contributed by atoms with Crippen molar-refractivity contribution in [3.05, 3.63) is 16.9 Å². The van der Waals surface area contributed by atoms with E-state index in [-0.39, 0.29) is 65.4 Å². The van der Waals surface area contributed by atoms with Crippen LogP contribution in [-0.4, -0.2) is 108 Å². The van der Waals surface area contributed by atoms with Gasteiger partial charge in [-0.2, -0.15) is 0 Å². The van der Waals surface area contributed by atoms with Crippen molar-refractivity contribution in [3.8, 4) is 0 Å². The average Bonchev–Trinajstić information content (AvgIpc) is 3.68. The first-order chi connectivity index (χ1) is 19.7. The number of Topliss-reactive ketones (excluding diaryl/α,β-unsaturated/α-hetero) is 1. The molecule has 13 nitrogen and oxygen atoms in total. The summed E-state index contributed by atoms with van der Waals surface area (Å²) in [6, 6.07) is -0.0467. The number of carboxylic acid groups (broad SMARTS) is 1. The van der Waals surface area contributed by atoms with E-state index in [0.29, 0.717) is 29.8 Å². The zero-order chi connectivity index (χ0) is 28.8. The van der Waals surface area contributed by atoms with Crippen molar-refractivity contribution in [2.75, 3.05) is 26.2 Å². The highest BCUT2D eigenvalue weighted by Gasteiger charge is 2.60. The van der Waals surface area contributed by atoms with Crippen molar-refractivity contribution in [1.82, 2.24) is 40.6 Å². The smallest absolute Gasteiger partial charge is 0.353 e. The number of fused-ring (bicyclic) bond motifs is 2. The molecule has 6 rings (SSSR count). The van der Waals surface area contributed by atoms with Gasteiger partial charge < -0.3 is 25.5 Å². The number of carboxylic acids is 1. The fourth-order valence-corrected chi connectivity index (χ4v) is 9.06. The minimum absolute atomic E-state index is 0.0338. The van der Waals surface area contributed by atoms with Gasteiger partial charge >= 0.3 is 5.97 Å². The number of aliphatic carboxylic acids is 1. The number of amides is 2. The van der Waals surface area contributed by atoms with E-state index in [1.807, 2.05) is 18.7 Å². The lowest BCUT2D eigenvalue weighted by atomic mass is 9.73. The van der Waals surface area contributed by atoms with Crippen molar-refractivity contribution in [2.45, 2.75) is 75.9 Å². The van der Waals surface area contributed by atoms with Gasteiger partial charge in [-0.1, -0.05) is 13.8 Å². The Morgan fingerprint density at radius 1 is 1.24 bits per heavy atom. The SMILES string of the molecule is C[C@@H](CC(=O)Cn1cnnn1)[C@H]1C(=O)N2C(C(=O)O)=C(S[C@@H]3CN[C@H](C(=O)N4CCC5NCCCC5C4)C3)[C@H](C)[C@H]12. The largest absolute Gasteiger partial charge is 0.477 e. The standard InChI is InChI=1S/C27H38N8O5S/c1-14(8-17(36)12-34-13-30-31-32-34)21-22-15(2)24(23(27(39)40)35(22)26(21)38)41-18-9-20(29-10-18)25(37)33-7-5-19-16(11-33)4-3-6-28-19/h13-16,18-22,28-29H,3-12H2,1-2H3,(H,39,40)/t14-,15+,16?,18-,19?,20-,21+,22+/m0/s1. The van der Waals surface area contributed by atoms with E-state index in [1.165, 1.54) is 27.7 Å². The minimum Gasteiger partial charge on any atom is -0.477 e. The number of likely N-dealkylation sites (tertiary alicyclic amines) is 1. The monoisotopic (exact) mass is 586 g/mol. The van der Waals surface area contributed by atoms with Crippen LogP contribution >= 0.6 is 11.8 Å². The first kappa shape index (κ1) is 28.3. The fourth-order valence-electron chi connectivity index (χ4n) is 7.58. The molecular formula is C27H38N8O5S. The van der Waals surface area contributed by atoms with Crippen LogP contribution in [0.15, 0.2) is 16.9 Å². The maximum atomic E-state index is 13.4. The predicted molar refractivity (Wildman–Crippen MR) is 148 cm³/mol. The second-order valence-electron chi connectivity index (χ2n) is 12.2. The quantitative estimate of drug-likeness (QED) is 0.337. The molecule has 0 radical (unpaired) electrons. The van der Waals surface area contributed by atoms with E-state index in [0.717, 1.165) is 38.9 Å². The fraction of sp³-hybridized carbons (Fsp3) is 0.741. The van der Waals surface area contributed by atoms with Gasteiger partial charge in [0, 0.05) is 48.2 Å². The van der Waals surface area contributed by atoms with E-state index in [9.17, 15) is 24.3 Å². The summed E-state index contributed by atoms with van der Waals surface area (Å²) in [7, 11) is 0. The molecule has 41 heavy (non-hydrogen) atoms. The lowest BCUT2D eigenvalue weighted by molar-refractivity contribution is -0.160. The lowest BCUT2D eigenvalue weighted by Gasteiger charge is -2.47. The summed E-state index contributed by atoms with van der Waals surface area (Å²) in [6.07, 6.45) is 5.48. The van der Waals surface area contributed by atoms with Gasteiger partial charge in [-0.3, -0.25) is 14.4 Å². The minimum atomic E-state index is -1.11. The van der Waals surface area contributed by atoms with Crippen molar-refractivity contribution in [3.63, 3.8) is 0 Å². The maximum absolute atomic E-state index is 13.4. The molecule has 0 spiro atoms. The Bertz CT molecular complexity index is 1240. The van der Waals surface area contributed by atoms with Crippen molar-refractivity contribution in [1.29, 1.82) is 0 Å². The van der Waals surface area contributed by atoms with Gasteiger partial charge in [-0.05, 0) is 54.5 Å². The van der Waals surface area contributed by atoms with Gasteiger partial charge in [0.05, 0.1) is 18.0 Å². The molecule has 222 valence electrons. The predicted octanol–water partition coefficient (Wildman–Crippen LogP) is 0.106. The first-order valence-corrected chi connectivity index (χ1v) is 15.6. The number of rotatable bonds is 9. The molecule has 6 heterocycles. The molecule has 1 aromatic rings. The van der Waals surface area contributed by atoms with Crippen LogP contribution < -0.4 is 10.6 Å². The molecular weight excluding hydrogens is 548 g/mol. The summed E-state index contributed by atoms with van der Waals surface area (Å²) in [5.74, 6) is -1.62. The molecule has 14 heteroatoms. The zero-order valence-corrected chi connectivity index (χ0v) is 24.3. The number of aromatic nitrogens is 4. The van der Waals surface area contributed by atoms with E-state index >= 15 is 0 Å². The Kier molecular flexibility index (Phi) is 7.90. The van der Waals surface area contributed by atoms with Crippen molar-refractivity contribution in [2.24, 2.45) is 23.7 Å². The van der Waals surface area contributed by atoms with Crippen molar-refractivity contribution >= 4 is 35.3 Å². The number of piperidine rings is 2. The van der Waals surface area contributed by atoms with Crippen LogP contribution in [0.2, 0.25) is 0 Å². The highest BCUT2D eigenvalue weighted by Crippen LogP contribution is 2.53. The topological polar surface area (TPSA) is 163 Å². The molecule has 4 fully saturated rings. The van der Waals surface area contributed by atoms with E-state index in [2.05, 4.69) is 26.2 Å². The van der Waals surface area contributed by atoms with Crippen LogP contribution in [0.5, 0.6) is 0 Å². The number of β-lactam (4-membered cyclic amide) rings is 1. The molecule has 2 amide bonds. The second kappa shape index (κ2) is 11.4. The van der Waals surface area contributed by atoms with E-state index in [1.54, 1.807) is 0 Å². The third-order valence-corrected chi connectivity index (χ3v) is 11.1. The molecule has 0 saturated carbocycles. The number of carbonyl (C=O) groups excluding carboxylic acids is 3. The van der Waals surface area contributed by atoms with Crippen LogP contribution in [-0.2, 0) is 25.7 Å². The molecule has 3 N–H and O–H groups in total. The number of hydrogen-bond acceptors (Lipinski definition) is 10. The van der Waals surface area contributed by atoms with Crippen LogP contribution in [0.25, 0.3) is 0 Å². The molecule has 8 atom stereocenters. The van der Waals surface area contributed by atoms with E-state index < -0.39 is 11.9 Å². The number of tetrazole rings is 1. The molecule has 5 aliphatic heterocycles. The van der Waals surface area contributed by atoms with Crippen LogP contribution in [0.3, 0.4) is 0 Å². The number of thioether (sulfide) groups is 1. The molecule has 5 aliphatic rings. The van der Waals surface area contributed by atoms with Crippen LogP contribution in [0.1, 0.15) is 46.0 Å². The number of ketones is 1. The lowest BCUT2D eigenvalue weighted by Crippen LogP contribution is -2.62. The van der Waals surface area contributed by atoms with Gasteiger partial charge in [-0.15, -0.1) is 16.9 Å². The number of nitrogens with one attached hydrogen (secondary N) is 2. The summed E-state index contributed by atoms with van der Waals surface area (Å²) in [4.78, 5) is 55.7. The van der Waals surface area contributed by atoms with Gasteiger partial charge in [0.25, 0.3) is 0 Å². The third-order valence-electron chi connectivity index (χ3n) is 9.57. The maximum Gasteiger partial charge on any atom is 0.353 e. The summed E-state index contributed by atoms with van der Waals surface area (Å²) >= 11 is 1.49. The molecule has 0 aliphatic carbocycles. The number of hydrogen-bond donors (Lipinski definition) is 3. The van der Waals surface area contributed by atoms with Gasteiger partial charge in [0.15, 0.2) is 5.78 Å². The molecule has 1 aromatic heterocycles. The average molecular weight is 587 g/mol. The molecule has 0 bridgehead atoms. The Hall–Kier alpha value is -2.84. The molecule has 2 unspecified atom stereocenters. The van der Waals surface area contributed by atoms with Gasteiger partial charge in [-0.25, -0.2) is 9.48 Å². The van der Waals surface area contributed by atoms with Gasteiger partial charge in [0.2, 0.25) is 11.8 Å². The summed E-state index contributed by atoms with van der Waals surface area (Å²) in [5, 5.41) is 27.9. The summed E-state index contributed by atoms with van der Waals surface area (Å²) < 4.78 is 1.35. The zero-order valence-electron chi connectivity index (χ0n) is 23.4. The Morgan fingerprint density at radius 2 is 2.07 bits per heavy atom. The normalized spacial score (nSPS) is 33.8. The summed E-state index contributed by atoms with van der Waals surface area (Å²) in [5.41, 5.74) is 0.0580. The molecule has 4 saturated heterocycles. The van der Waals surface area contributed by atoms with Crippen LogP contribution in [0.4, 0.5) is 0 Å². The highest BCUT2D eigenvalue weighted by molar-refractivity contribution is 8.03. The number of carbonyl (C=O) groups is 4. The number of nitrogens with zero attached hydrogens (tertiary/aromatic N) is 6. The summed E-state index contributed by atoms with van der Waals surface area (Å²) in [6.45, 7) is 7.12. The van der Waals surface area contributed by atoms with Crippen molar-refractivity contribution < 1.29 is 24.3 Å². The Balaban J connectivity index is 1.08. The Morgan fingerprint density at radius 3 is 2.83 bits per heavy atom. The Labute approximate surface area is 242 Å². The van der Waals surface area contributed by atoms with E-state index in [4.69, 9.17) is 0 Å². The first-order valence-electron chi connectivity index (χ1n) is 14.7.